The first-order chi connectivity index (χ1) is 20.9. The highest BCUT2D eigenvalue weighted by Gasteiger charge is 2.37. The molecule has 2 unspecified atom stereocenters. The van der Waals surface area contributed by atoms with Gasteiger partial charge in [0, 0.05) is 17.8 Å². The number of phenols is 1. The van der Waals surface area contributed by atoms with Crippen LogP contribution < -0.4 is 10.6 Å². The highest BCUT2D eigenvalue weighted by atomic mass is 16.6. The van der Waals surface area contributed by atoms with Gasteiger partial charge in [-0.25, -0.2) is 4.79 Å². The average Bonchev–Trinajstić information content (AvgIpc) is 2.97. The van der Waals surface area contributed by atoms with Crippen LogP contribution in [0.25, 0.3) is 10.8 Å². The lowest BCUT2D eigenvalue weighted by molar-refractivity contribution is -0.141. The van der Waals surface area contributed by atoms with Crippen LogP contribution in [-0.2, 0) is 14.3 Å². The first kappa shape index (κ1) is 34.4. The quantitative estimate of drug-likeness (QED) is 0.153. The SMILES string of the molecule is CCCCCCCCN(C(=O)C(CO)NC(=O)OC(C)(C)C)C(C(=O)Nc1ccc2ccccc2c1)c1cccc(C)c1O. The maximum absolute atomic E-state index is 14.2. The maximum Gasteiger partial charge on any atom is 0.408 e. The number of benzene rings is 3. The summed E-state index contributed by atoms with van der Waals surface area (Å²) in [7, 11) is 0. The number of hydrogen-bond donors (Lipinski definition) is 4. The molecule has 0 aliphatic carbocycles. The third kappa shape index (κ3) is 9.71. The predicted octanol–water partition coefficient (Wildman–Crippen LogP) is 6.61. The van der Waals surface area contributed by atoms with Crippen molar-refractivity contribution in [2.45, 2.75) is 90.8 Å². The van der Waals surface area contributed by atoms with Crippen LogP contribution >= 0.6 is 0 Å². The number of hydrogen-bond acceptors (Lipinski definition) is 6. The van der Waals surface area contributed by atoms with E-state index < -0.39 is 42.2 Å². The van der Waals surface area contributed by atoms with Crippen molar-refractivity contribution in [2.24, 2.45) is 0 Å². The van der Waals surface area contributed by atoms with Gasteiger partial charge in [-0.15, -0.1) is 0 Å². The van der Waals surface area contributed by atoms with E-state index in [1.165, 1.54) is 4.90 Å². The first-order valence-electron chi connectivity index (χ1n) is 15.4. The Balaban J connectivity index is 2.01. The fourth-order valence-electron chi connectivity index (χ4n) is 5.10. The molecule has 0 aromatic heterocycles. The zero-order valence-electron chi connectivity index (χ0n) is 26.6. The number of para-hydroxylation sites is 1. The number of amides is 3. The molecule has 0 aliphatic heterocycles. The third-order valence-corrected chi connectivity index (χ3v) is 7.35. The fraction of sp³-hybridized carbons (Fsp3) is 0.457. The van der Waals surface area contributed by atoms with Crippen LogP contribution in [0.15, 0.2) is 60.7 Å². The van der Waals surface area contributed by atoms with Crippen LogP contribution in [0, 0.1) is 6.92 Å². The van der Waals surface area contributed by atoms with Gasteiger partial charge < -0.3 is 30.5 Å². The molecule has 0 bridgehead atoms. The summed E-state index contributed by atoms with van der Waals surface area (Å²) in [6, 6.07) is 15.7. The smallest absolute Gasteiger partial charge is 0.408 e. The topological polar surface area (TPSA) is 128 Å². The Morgan fingerprint density at radius 3 is 2.27 bits per heavy atom. The van der Waals surface area contributed by atoms with E-state index in [9.17, 15) is 24.6 Å². The largest absolute Gasteiger partial charge is 0.507 e. The van der Waals surface area contributed by atoms with Crippen molar-refractivity contribution < 1.29 is 29.3 Å². The molecule has 9 heteroatoms. The van der Waals surface area contributed by atoms with Crippen LogP contribution in [0.1, 0.15) is 83.4 Å². The molecule has 0 radical (unpaired) electrons. The van der Waals surface area contributed by atoms with Gasteiger partial charge in [-0.05, 0) is 62.6 Å². The van der Waals surface area contributed by atoms with Gasteiger partial charge in [-0.3, -0.25) is 9.59 Å². The normalized spacial score (nSPS) is 12.8. The van der Waals surface area contributed by atoms with Crippen LogP contribution in [-0.4, -0.2) is 57.8 Å². The molecule has 44 heavy (non-hydrogen) atoms. The summed E-state index contributed by atoms with van der Waals surface area (Å²) >= 11 is 0. The lowest BCUT2D eigenvalue weighted by Crippen LogP contribution is -2.54. The van der Waals surface area contributed by atoms with E-state index in [1.807, 2.05) is 36.4 Å². The minimum absolute atomic E-state index is 0.104. The zero-order valence-corrected chi connectivity index (χ0v) is 26.6. The summed E-state index contributed by atoms with van der Waals surface area (Å²) in [5.41, 5.74) is 0.504. The number of aliphatic hydroxyl groups excluding tert-OH is 1. The predicted molar refractivity (Wildman–Crippen MR) is 173 cm³/mol. The Morgan fingerprint density at radius 2 is 1.59 bits per heavy atom. The third-order valence-electron chi connectivity index (χ3n) is 7.35. The van der Waals surface area contributed by atoms with Crippen molar-refractivity contribution >= 4 is 34.4 Å². The molecule has 4 N–H and O–H groups in total. The van der Waals surface area contributed by atoms with Crippen LogP contribution in [0.2, 0.25) is 0 Å². The first-order valence-corrected chi connectivity index (χ1v) is 15.4. The number of fused-ring (bicyclic) bond motifs is 1. The zero-order chi connectivity index (χ0) is 32.3. The van der Waals surface area contributed by atoms with E-state index in [4.69, 9.17) is 4.74 Å². The molecule has 3 aromatic rings. The fourth-order valence-corrected chi connectivity index (χ4v) is 5.10. The number of unbranched alkanes of at least 4 members (excludes halogenated alkanes) is 5. The second-order valence-corrected chi connectivity index (χ2v) is 12.1. The standard InChI is InChI=1S/C35H47N3O6/c1-6-7-8-9-10-13-21-38(33(42)29(23-39)37-34(43)44-35(3,4)5)30(28-18-14-15-24(2)31(28)40)32(41)36-27-20-19-25-16-11-12-17-26(25)22-27/h11-12,14-20,22,29-30,39-40H,6-10,13,21,23H2,1-5H3,(H,36,41)(H,37,43). The molecule has 0 heterocycles. The number of carbonyl (C=O) groups excluding carboxylic acids is 3. The lowest BCUT2D eigenvalue weighted by Gasteiger charge is -2.34. The Kier molecular flexibility index (Phi) is 12.6. The molecule has 238 valence electrons. The molecule has 0 spiro atoms. The van der Waals surface area contributed by atoms with Crippen molar-refractivity contribution in [1.82, 2.24) is 10.2 Å². The minimum Gasteiger partial charge on any atom is -0.507 e. The summed E-state index contributed by atoms with van der Waals surface area (Å²) in [6.07, 6.45) is 4.80. The number of phenolic OH excluding ortho intramolecular Hbond substituents is 1. The maximum atomic E-state index is 14.2. The number of aryl methyl sites for hydroxylation is 1. The number of aliphatic hydroxyl groups is 1. The second kappa shape index (κ2) is 16.1. The van der Waals surface area contributed by atoms with Gasteiger partial charge in [0.1, 0.15) is 23.4 Å². The number of alkyl carbamates (subject to hydrolysis) is 1. The highest BCUT2D eigenvalue weighted by molar-refractivity contribution is 6.00. The van der Waals surface area contributed by atoms with Crippen LogP contribution in [0.3, 0.4) is 0 Å². The van der Waals surface area contributed by atoms with Gasteiger partial charge in [-0.2, -0.15) is 0 Å². The van der Waals surface area contributed by atoms with E-state index in [-0.39, 0.29) is 17.9 Å². The number of aromatic hydroxyl groups is 1. The van der Waals surface area contributed by atoms with Gasteiger partial charge >= 0.3 is 6.09 Å². The van der Waals surface area contributed by atoms with Crippen LogP contribution in [0.5, 0.6) is 5.75 Å². The van der Waals surface area contributed by atoms with Gasteiger partial charge in [0.2, 0.25) is 5.91 Å². The molecule has 0 saturated heterocycles. The van der Waals surface area contributed by atoms with E-state index >= 15 is 0 Å². The van der Waals surface area contributed by atoms with E-state index in [0.717, 1.165) is 42.9 Å². The Bertz CT molecular complexity index is 1420. The minimum atomic E-state index is -1.37. The number of carbonyl (C=O) groups is 3. The molecule has 2 atom stereocenters. The van der Waals surface area contributed by atoms with Crippen molar-refractivity contribution in [3.8, 4) is 5.75 Å². The molecule has 3 aromatic carbocycles. The number of rotatable bonds is 14. The van der Waals surface area contributed by atoms with Crippen molar-refractivity contribution in [3.05, 3.63) is 71.8 Å². The molecule has 9 nitrogen and oxygen atoms in total. The van der Waals surface area contributed by atoms with Crippen molar-refractivity contribution in [2.75, 3.05) is 18.5 Å². The summed E-state index contributed by atoms with van der Waals surface area (Å²) in [5, 5.41) is 28.7. The monoisotopic (exact) mass is 605 g/mol. The Hall–Kier alpha value is -4.11. The Labute approximate surface area is 260 Å². The molecule has 3 rings (SSSR count). The summed E-state index contributed by atoms with van der Waals surface area (Å²) < 4.78 is 5.33. The van der Waals surface area contributed by atoms with E-state index in [2.05, 4.69) is 17.6 Å². The number of anilines is 1. The molecule has 0 saturated carbocycles. The average molecular weight is 606 g/mol. The van der Waals surface area contributed by atoms with Gasteiger partial charge in [0.05, 0.1) is 6.61 Å². The lowest BCUT2D eigenvalue weighted by atomic mass is 9.98. The number of nitrogens with one attached hydrogen (secondary N) is 2. The van der Waals surface area contributed by atoms with Crippen molar-refractivity contribution in [1.29, 1.82) is 0 Å². The second-order valence-electron chi connectivity index (χ2n) is 12.1. The molecular formula is C35H47N3O6. The molecule has 0 fully saturated rings. The summed E-state index contributed by atoms with van der Waals surface area (Å²) in [5.74, 6) is -1.30. The number of ether oxygens (including phenoxy) is 1. The number of nitrogens with zero attached hydrogens (tertiary/aromatic N) is 1. The van der Waals surface area contributed by atoms with Gasteiger partial charge in [0.15, 0.2) is 0 Å². The summed E-state index contributed by atoms with van der Waals surface area (Å²) in [6.45, 7) is 8.41. The van der Waals surface area contributed by atoms with Crippen molar-refractivity contribution in [3.63, 3.8) is 0 Å². The van der Waals surface area contributed by atoms with Crippen LogP contribution in [0.4, 0.5) is 10.5 Å². The summed E-state index contributed by atoms with van der Waals surface area (Å²) in [4.78, 5) is 42.2. The highest BCUT2D eigenvalue weighted by Crippen LogP contribution is 2.33. The van der Waals surface area contributed by atoms with Gasteiger partial charge in [-0.1, -0.05) is 87.6 Å². The van der Waals surface area contributed by atoms with E-state index in [1.54, 1.807) is 52.0 Å². The molecule has 3 amide bonds. The van der Waals surface area contributed by atoms with Gasteiger partial charge in [0.25, 0.3) is 5.91 Å². The molecular weight excluding hydrogens is 558 g/mol. The Morgan fingerprint density at radius 1 is 0.909 bits per heavy atom. The van der Waals surface area contributed by atoms with E-state index in [0.29, 0.717) is 17.7 Å². The molecule has 0 aliphatic rings.